The van der Waals surface area contributed by atoms with Crippen molar-refractivity contribution in [3.63, 3.8) is 0 Å². The Morgan fingerprint density at radius 2 is 2.08 bits per heavy atom. The second-order valence-electron chi connectivity index (χ2n) is 4.81. The molecule has 24 heavy (non-hydrogen) atoms. The van der Waals surface area contributed by atoms with Crippen molar-refractivity contribution in [3.8, 4) is 6.07 Å². The lowest BCUT2D eigenvalue weighted by molar-refractivity contribution is 0.102. The number of amides is 1. The first-order valence-electron chi connectivity index (χ1n) is 7.16. The number of nitriles is 1. The Morgan fingerprint density at radius 3 is 2.88 bits per heavy atom. The summed E-state index contributed by atoms with van der Waals surface area (Å²) in [6.45, 7) is 0.412. The van der Waals surface area contributed by atoms with Crippen LogP contribution in [0.2, 0.25) is 0 Å². The smallest absolute Gasteiger partial charge is 0.274 e. The summed E-state index contributed by atoms with van der Waals surface area (Å²) in [6, 6.07) is 13.9. The molecule has 0 spiro atoms. The molecule has 0 unspecified atom stereocenters. The van der Waals surface area contributed by atoms with Crippen LogP contribution in [0.4, 0.5) is 11.6 Å². The van der Waals surface area contributed by atoms with Crippen LogP contribution in [0.15, 0.2) is 59.3 Å². The van der Waals surface area contributed by atoms with Gasteiger partial charge in [-0.05, 0) is 30.3 Å². The molecule has 0 radical (unpaired) electrons. The first-order chi connectivity index (χ1) is 11.8. The standard InChI is InChI=1S/C17H13N5O2/c18-10-12-4-1-2-6-14(12)21-16(23)15-7-8-19-17(22-15)20-11-13-5-3-9-24-13/h1-9H,11H2,(H,21,23)(H,19,20,22). The number of nitrogens with zero attached hydrogens (tertiary/aromatic N) is 3. The van der Waals surface area contributed by atoms with E-state index in [0.29, 0.717) is 23.7 Å². The number of nitrogens with one attached hydrogen (secondary N) is 2. The molecule has 0 saturated heterocycles. The maximum Gasteiger partial charge on any atom is 0.274 e. The molecule has 0 aliphatic rings. The fraction of sp³-hybridized carbons (Fsp3) is 0.0588. The number of rotatable bonds is 5. The van der Waals surface area contributed by atoms with Gasteiger partial charge in [0.2, 0.25) is 5.95 Å². The highest BCUT2D eigenvalue weighted by atomic mass is 16.3. The van der Waals surface area contributed by atoms with Crippen LogP contribution in [0.3, 0.4) is 0 Å². The molecule has 2 heterocycles. The molecular weight excluding hydrogens is 306 g/mol. The average molecular weight is 319 g/mol. The lowest BCUT2D eigenvalue weighted by Gasteiger charge is -2.07. The topological polar surface area (TPSA) is 104 Å². The van der Waals surface area contributed by atoms with Crippen LogP contribution in [0.5, 0.6) is 0 Å². The van der Waals surface area contributed by atoms with Crippen LogP contribution in [-0.4, -0.2) is 15.9 Å². The molecule has 1 amide bonds. The first-order valence-corrected chi connectivity index (χ1v) is 7.16. The predicted octanol–water partition coefficient (Wildman–Crippen LogP) is 2.81. The molecule has 0 bridgehead atoms. The summed E-state index contributed by atoms with van der Waals surface area (Å²) in [5.41, 5.74) is 1.02. The van der Waals surface area contributed by atoms with E-state index in [1.165, 1.54) is 12.3 Å². The van der Waals surface area contributed by atoms with Gasteiger partial charge in [0.25, 0.3) is 5.91 Å². The SMILES string of the molecule is N#Cc1ccccc1NC(=O)c1ccnc(NCc2ccco2)n1. The molecule has 0 saturated carbocycles. The summed E-state index contributed by atoms with van der Waals surface area (Å²) in [5, 5.41) is 14.7. The van der Waals surface area contributed by atoms with E-state index in [-0.39, 0.29) is 5.69 Å². The van der Waals surface area contributed by atoms with E-state index in [1.54, 1.807) is 36.6 Å². The molecule has 7 nitrogen and oxygen atoms in total. The Labute approximate surface area is 138 Å². The fourth-order valence-corrected chi connectivity index (χ4v) is 2.03. The number of carbonyl (C=O) groups excluding carboxylic acids is 1. The van der Waals surface area contributed by atoms with Crippen LogP contribution in [0.25, 0.3) is 0 Å². The van der Waals surface area contributed by atoms with Crippen molar-refractivity contribution in [1.29, 1.82) is 5.26 Å². The zero-order chi connectivity index (χ0) is 16.8. The number of aromatic nitrogens is 2. The number of anilines is 2. The molecular formula is C17H13N5O2. The Kier molecular flexibility index (Phi) is 4.49. The number of benzene rings is 1. The van der Waals surface area contributed by atoms with Gasteiger partial charge in [-0.15, -0.1) is 0 Å². The molecule has 7 heteroatoms. The third-order valence-corrected chi connectivity index (χ3v) is 3.18. The Bertz CT molecular complexity index is 884. The summed E-state index contributed by atoms with van der Waals surface area (Å²) < 4.78 is 5.21. The summed E-state index contributed by atoms with van der Waals surface area (Å²) >= 11 is 0. The minimum atomic E-state index is -0.416. The zero-order valence-electron chi connectivity index (χ0n) is 12.6. The number of hydrogen-bond acceptors (Lipinski definition) is 6. The summed E-state index contributed by atoms with van der Waals surface area (Å²) in [5.74, 6) is 0.630. The van der Waals surface area contributed by atoms with Gasteiger partial charge in [-0.3, -0.25) is 4.79 Å². The van der Waals surface area contributed by atoms with Crippen molar-refractivity contribution in [2.24, 2.45) is 0 Å². The average Bonchev–Trinajstić information content (AvgIpc) is 3.14. The molecule has 118 valence electrons. The molecule has 2 aromatic heterocycles. The Hall–Kier alpha value is -3.66. The summed E-state index contributed by atoms with van der Waals surface area (Å²) in [6.07, 6.45) is 3.07. The van der Waals surface area contributed by atoms with E-state index in [1.807, 2.05) is 12.1 Å². The van der Waals surface area contributed by atoms with Gasteiger partial charge in [0.1, 0.15) is 17.5 Å². The van der Waals surface area contributed by atoms with E-state index < -0.39 is 5.91 Å². The highest BCUT2D eigenvalue weighted by molar-refractivity contribution is 6.03. The normalized spacial score (nSPS) is 9.96. The van der Waals surface area contributed by atoms with Gasteiger partial charge < -0.3 is 15.1 Å². The molecule has 3 rings (SSSR count). The van der Waals surface area contributed by atoms with Crippen LogP contribution in [-0.2, 0) is 6.54 Å². The van der Waals surface area contributed by atoms with Crippen molar-refractivity contribution in [3.05, 3.63) is 71.9 Å². The molecule has 1 aromatic carbocycles. The van der Waals surface area contributed by atoms with Gasteiger partial charge in [-0.1, -0.05) is 12.1 Å². The lowest BCUT2D eigenvalue weighted by Crippen LogP contribution is -2.16. The van der Waals surface area contributed by atoms with Gasteiger partial charge in [0, 0.05) is 6.20 Å². The van der Waals surface area contributed by atoms with Gasteiger partial charge in [-0.2, -0.15) is 5.26 Å². The van der Waals surface area contributed by atoms with Gasteiger partial charge in [0.05, 0.1) is 24.1 Å². The monoisotopic (exact) mass is 319 g/mol. The second kappa shape index (κ2) is 7.07. The molecule has 0 fully saturated rings. The summed E-state index contributed by atoms with van der Waals surface area (Å²) in [4.78, 5) is 20.5. The molecule has 0 aliphatic heterocycles. The van der Waals surface area contributed by atoms with Crippen molar-refractivity contribution < 1.29 is 9.21 Å². The first kappa shape index (κ1) is 15.2. The van der Waals surface area contributed by atoms with Gasteiger partial charge in [0.15, 0.2) is 0 Å². The van der Waals surface area contributed by atoms with Gasteiger partial charge in [-0.25, -0.2) is 9.97 Å². The Morgan fingerprint density at radius 1 is 1.21 bits per heavy atom. The maximum absolute atomic E-state index is 12.3. The quantitative estimate of drug-likeness (QED) is 0.749. The van der Waals surface area contributed by atoms with Gasteiger partial charge >= 0.3 is 0 Å². The molecule has 2 N–H and O–H groups in total. The van der Waals surface area contributed by atoms with Crippen molar-refractivity contribution in [1.82, 2.24) is 9.97 Å². The van der Waals surface area contributed by atoms with E-state index in [4.69, 9.17) is 9.68 Å². The molecule has 3 aromatic rings. The molecule has 0 atom stereocenters. The van der Waals surface area contributed by atoms with E-state index in [0.717, 1.165) is 5.76 Å². The van der Waals surface area contributed by atoms with E-state index in [2.05, 4.69) is 20.6 Å². The zero-order valence-corrected chi connectivity index (χ0v) is 12.6. The number of furan rings is 1. The minimum Gasteiger partial charge on any atom is -0.467 e. The minimum absolute atomic E-state index is 0.194. The number of para-hydroxylation sites is 1. The Balaban J connectivity index is 1.71. The number of hydrogen-bond donors (Lipinski definition) is 2. The third-order valence-electron chi connectivity index (χ3n) is 3.18. The predicted molar refractivity (Wildman–Crippen MR) is 87.2 cm³/mol. The van der Waals surface area contributed by atoms with E-state index in [9.17, 15) is 4.79 Å². The fourth-order valence-electron chi connectivity index (χ4n) is 2.03. The van der Waals surface area contributed by atoms with Crippen molar-refractivity contribution in [2.75, 3.05) is 10.6 Å². The van der Waals surface area contributed by atoms with Crippen molar-refractivity contribution >= 4 is 17.5 Å². The van der Waals surface area contributed by atoms with Crippen LogP contribution in [0, 0.1) is 11.3 Å². The highest BCUT2D eigenvalue weighted by Crippen LogP contribution is 2.15. The largest absolute Gasteiger partial charge is 0.467 e. The lowest BCUT2D eigenvalue weighted by atomic mass is 10.2. The summed E-state index contributed by atoms with van der Waals surface area (Å²) in [7, 11) is 0. The van der Waals surface area contributed by atoms with Crippen LogP contribution < -0.4 is 10.6 Å². The maximum atomic E-state index is 12.3. The second-order valence-corrected chi connectivity index (χ2v) is 4.81. The molecule has 0 aliphatic carbocycles. The number of carbonyl (C=O) groups is 1. The third kappa shape index (κ3) is 3.56. The van der Waals surface area contributed by atoms with Crippen molar-refractivity contribution in [2.45, 2.75) is 6.54 Å². The van der Waals surface area contributed by atoms with Crippen LogP contribution >= 0.6 is 0 Å². The highest BCUT2D eigenvalue weighted by Gasteiger charge is 2.11. The van der Waals surface area contributed by atoms with Crippen LogP contribution in [0.1, 0.15) is 21.8 Å². The van der Waals surface area contributed by atoms with E-state index >= 15 is 0 Å².